The van der Waals surface area contributed by atoms with Crippen LogP contribution < -0.4 is 9.47 Å². The third-order valence-electron chi connectivity index (χ3n) is 4.78. The van der Waals surface area contributed by atoms with Crippen LogP contribution in [0.2, 0.25) is 0 Å². The lowest BCUT2D eigenvalue weighted by molar-refractivity contribution is 0.172. The highest BCUT2D eigenvalue weighted by molar-refractivity contribution is 7.90. The van der Waals surface area contributed by atoms with E-state index < -0.39 is 11.2 Å². The Morgan fingerprint density at radius 1 is 1.29 bits per heavy atom. The number of rotatable bonds is 8. The minimum atomic E-state index is -1.35. The van der Waals surface area contributed by atoms with Gasteiger partial charge in [0.05, 0.1) is 24.4 Å². The largest absolute Gasteiger partial charge is 0.609 e. The van der Waals surface area contributed by atoms with Crippen LogP contribution in [0.25, 0.3) is 11.0 Å². The van der Waals surface area contributed by atoms with E-state index in [1.165, 1.54) is 0 Å². The molecule has 3 heterocycles. The lowest BCUT2D eigenvalue weighted by Crippen LogP contribution is -2.11. The van der Waals surface area contributed by atoms with Crippen molar-refractivity contribution in [1.29, 1.82) is 0 Å². The number of nitrogens with zero attached hydrogens (tertiary/aromatic N) is 2. The third-order valence-corrected chi connectivity index (χ3v) is 5.94. The maximum absolute atomic E-state index is 12.9. The average molecular weight is 401 g/mol. The van der Waals surface area contributed by atoms with E-state index in [1.54, 1.807) is 13.3 Å². The van der Waals surface area contributed by atoms with Crippen LogP contribution in [-0.2, 0) is 28.1 Å². The van der Waals surface area contributed by atoms with Crippen LogP contribution in [0.5, 0.6) is 11.5 Å². The summed E-state index contributed by atoms with van der Waals surface area (Å²) in [5.41, 5.74) is 4.37. The Balaban J connectivity index is 1.51. The third kappa shape index (κ3) is 3.80. The summed E-state index contributed by atoms with van der Waals surface area (Å²) < 4.78 is 29.5. The van der Waals surface area contributed by atoms with E-state index in [4.69, 9.17) is 14.2 Å². The summed E-state index contributed by atoms with van der Waals surface area (Å²) >= 11 is -1.35. The molecule has 1 aliphatic rings. The van der Waals surface area contributed by atoms with Gasteiger partial charge in [-0.1, -0.05) is 6.07 Å². The normalized spacial score (nSPS) is 14.1. The molecule has 0 bridgehead atoms. The second kappa shape index (κ2) is 8.38. The van der Waals surface area contributed by atoms with E-state index in [9.17, 15) is 4.55 Å². The number of benzene rings is 1. The Kier molecular flexibility index (Phi) is 5.70. The van der Waals surface area contributed by atoms with Gasteiger partial charge < -0.3 is 18.8 Å². The number of imidazole rings is 1. The van der Waals surface area contributed by atoms with Crippen LogP contribution in [0, 0.1) is 6.92 Å². The highest BCUT2D eigenvalue weighted by atomic mass is 32.2. The van der Waals surface area contributed by atoms with Crippen molar-refractivity contribution in [2.75, 3.05) is 26.9 Å². The van der Waals surface area contributed by atoms with Crippen LogP contribution in [0.3, 0.4) is 0 Å². The number of methoxy groups -OCH3 is 1. The molecule has 4 rings (SSSR count). The summed E-state index contributed by atoms with van der Waals surface area (Å²) in [6.45, 7) is 3.82. The standard InChI is InChI=1S/C20H23N3O4S/c1-13-16(21-8-6-17(13)26-10-3-9-25-2)12-28(24)20-22-15-5-4-14-7-11-27-19(14)18(15)23-20/h4-6,8H,3,7,9-12H2,1-2H3,(H,22,23). The van der Waals surface area contributed by atoms with Crippen LogP contribution >= 0.6 is 0 Å². The average Bonchev–Trinajstić information content (AvgIpc) is 3.34. The molecule has 1 aromatic carbocycles. The Bertz CT molecular complexity index is 975. The summed E-state index contributed by atoms with van der Waals surface area (Å²) in [6.07, 6.45) is 3.38. The van der Waals surface area contributed by atoms with E-state index in [0.29, 0.717) is 25.0 Å². The van der Waals surface area contributed by atoms with Gasteiger partial charge in [0.2, 0.25) is 0 Å². The molecule has 1 atom stereocenters. The van der Waals surface area contributed by atoms with Crippen molar-refractivity contribution in [3.05, 3.63) is 41.2 Å². The molecule has 0 fully saturated rings. The molecule has 7 nitrogen and oxygen atoms in total. The number of ether oxygens (including phenoxy) is 3. The molecule has 3 aromatic rings. The van der Waals surface area contributed by atoms with Crippen molar-refractivity contribution in [2.45, 2.75) is 30.7 Å². The maximum atomic E-state index is 12.9. The predicted octanol–water partition coefficient (Wildman–Crippen LogP) is 2.92. The smallest absolute Gasteiger partial charge is 0.322 e. The monoisotopic (exact) mass is 401 g/mol. The Hall–Kier alpha value is -2.29. The zero-order chi connectivity index (χ0) is 19.5. The van der Waals surface area contributed by atoms with Crippen molar-refractivity contribution in [2.24, 2.45) is 0 Å². The molecule has 0 saturated heterocycles. The van der Waals surface area contributed by atoms with Gasteiger partial charge in [-0.25, -0.2) is 0 Å². The highest BCUT2D eigenvalue weighted by Crippen LogP contribution is 2.33. The van der Waals surface area contributed by atoms with E-state index >= 15 is 0 Å². The number of fused-ring (bicyclic) bond motifs is 3. The highest BCUT2D eigenvalue weighted by Gasteiger charge is 2.24. The van der Waals surface area contributed by atoms with E-state index in [0.717, 1.165) is 52.2 Å². The molecule has 0 spiro atoms. The summed E-state index contributed by atoms with van der Waals surface area (Å²) in [5, 5.41) is 0.437. The molecule has 0 amide bonds. The van der Waals surface area contributed by atoms with Crippen molar-refractivity contribution in [3.63, 3.8) is 0 Å². The summed E-state index contributed by atoms with van der Waals surface area (Å²) in [6, 6.07) is 5.83. The molecule has 1 unspecified atom stereocenters. The lowest BCUT2D eigenvalue weighted by Gasteiger charge is -2.13. The number of nitrogens with one attached hydrogen (secondary N) is 1. The van der Waals surface area contributed by atoms with Gasteiger partial charge >= 0.3 is 5.16 Å². The van der Waals surface area contributed by atoms with Gasteiger partial charge in [0.15, 0.2) is 11.5 Å². The second-order valence-corrected chi connectivity index (χ2v) is 8.02. The summed E-state index contributed by atoms with van der Waals surface area (Å²) in [7, 11) is 1.67. The fourth-order valence-corrected chi connectivity index (χ4v) is 4.33. The molecular weight excluding hydrogens is 378 g/mol. The van der Waals surface area contributed by atoms with Crippen molar-refractivity contribution >= 4 is 22.2 Å². The first-order valence-electron chi connectivity index (χ1n) is 9.26. The first-order chi connectivity index (χ1) is 13.7. The molecule has 8 heteroatoms. The molecule has 28 heavy (non-hydrogen) atoms. The first kappa shape index (κ1) is 19.0. The molecule has 2 aromatic heterocycles. The van der Waals surface area contributed by atoms with Gasteiger partial charge in [0.25, 0.3) is 0 Å². The summed E-state index contributed by atoms with van der Waals surface area (Å²) in [4.78, 5) is 12.1. The number of pyridine rings is 1. The first-order valence-corrected chi connectivity index (χ1v) is 10.6. The maximum Gasteiger partial charge on any atom is 0.322 e. The van der Waals surface area contributed by atoms with Gasteiger partial charge in [-0.15, -0.1) is 0 Å². The minimum absolute atomic E-state index is 0.268. The number of aromatic nitrogens is 3. The minimum Gasteiger partial charge on any atom is -0.609 e. The number of hydrogen-bond acceptors (Lipinski definition) is 6. The molecule has 0 saturated carbocycles. The molecule has 0 radical (unpaired) electrons. The quantitative estimate of drug-likeness (QED) is 0.461. The van der Waals surface area contributed by atoms with Crippen molar-refractivity contribution in [1.82, 2.24) is 15.0 Å². The van der Waals surface area contributed by atoms with Crippen LogP contribution in [0.15, 0.2) is 29.6 Å². The van der Waals surface area contributed by atoms with Crippen LogP contribution in [0.4, 0.5) is 0 Å². The Morgan fingerprint density at radius 3 is 3.04 bits per heavy atom. The molecule has 148 valence electrons. The van der Waals surface area contributed by atoms with Gasteiger partial charge in [0.1, 0.15) is 11.3 Å². The number of hydrogen-bond donors (Lipinski definition) is 1. The Labute approximate surface area is 166 Å². The zero-order valence-corrected chi connectivity index (χ0v) is 16.8. The Morgan fingerprint density at radius 2 is 2.18 bits per heavy atom. The van der Waals surface area contributed by atoms with Gasteiger partial charge in [-0.05, 0) is 24.6 Å². The van der Waals surface area contributed by atoms with Crippen molar-refractivity contribution < 1.29 is 18.8 Å². The fraction of sp³-hybridized carbons (Fsp3) is 0.400. The topological polar surface area (TPSA) is 92.3 Å². The van der Waals surface area contributed by atoms with Gasteiger partial charge in [-0.3, -0.25) is 9.97 Å². The lowest BCUT2D eigenvalue weighted by atomic mass is 10.1. The van der Waals surface area contributed by atoms with Gasteiger partial charge in [0, 0.05) is 49.5 Å². The molecule has 1 aliphatic heterocycles. The fourth-order valence-electron chi connectivity index (χ4n) is 3.24. The molecular formula is C20H23N3O4S. The molecule has 0 aliphatic carbocycles. The predicted molar refractivity (Wildman–Crippen MR) is 106 cm³/mol. The number of aromatic amines is 1. The van der Waals surface area contributed by atoms with E-state index in [2.05, 4.69) is 15.0 Å². The van der Waals surface area contributed by atoms with E-state index in [1.807, 2.05) is 25.1 Å². The SMILES string of the molecule is COCCCOc1ccnc(C[S+]([O-])c2nc3c4c(ccc3[nH]2)CCO4)c1C. The van der Waals surface area contributed by atoms with Gasteiger partial charge in [-0.2, -0.15) is 4.98 Å². The van der Waals surface area contributed by atoms with Crippen LogP contribution in [-0.4, -0.2) is 46.4 Å². The molecule has 1 N–H and O–H groups in total. The van der Waals surface area contributed by atoms with Crippen LogP contribution in [0.1, 0.15) is 23.2 Å². The number of H-pyrrole nitrogens is 1. The zero-order valence-electron chi connectivity index (χ0n) is 16.0. The summed E-state index contributed by atoms with van der Waals surface area (Å²) in [5.74, 6) is 1.83. The van der Waals surface area contributed by atoms with E-state index in [-0.39, 0.29) is 5.75 Å². The van der Waals surface area contributed by atoms with Crippen molar-refractivity contribution in [3.8, 4) is 11.5 Å². The second-order valence-electron chi connectivity index (χ2n) is 6.66.